The van der Waals surface area contributed by atoms with Gasteiger partial charge in [0.2, 0.25) is 0 Å². The maximum atomic E-state index is 11.2. The largest absolute Gasteiger partial charge is 0.491 e. The van der Waals surface area contributed by atoms with Crippen molar-refractivity contribution in [2.75, 3.05) is 19.6 Å². The van der Waals surface area contributed by atoms with Crippen LogP contribution in [0.15, 0.2) is 42.5 Å². The molecule has 158 valence electrons. The van der Waals surface area contributed by atoms with Gasteiger partial charge in [-0.05, 0) is 63.5 Å². The van der Waals surface area contributed by atoms with E-state index in [9.17, 15) is 10.1 Å². The SMILES string of the molecule is CC(C)Oc1ccc(Cc2nc3cc([N+](=O)[O-])ccc3n2CCN2CCCC2)cc1. The van der Waals surface area contributed by atoms with Crippen LogP contribution in [-0.2, 0) is 13.0 Å². The Morgan fingerprint density at radius 3 is 2.50 bits per heavy atom. The number of likely N-dealkylation sites (tertiary alicyclic amines) is 1. The molecule has 2 aromatic carbocycles. The summed E-state index contributed by atoms with van der Waals surface area (Å²) in [6, 6.07) is 13.1. The van der Waals surface area contributed by atoms with Crippen molar-refractivity contribution in [1.82, 2.24) is 14.5 Å². The summed E-state index contributed by atoms with van der Waals surface area (Å²) in [5.41, 5.74) is 2.85. The number of nitro groups is 1. The fourth-order valence-electron chi connectivity index (χ4n) is 4.05. The molecule has 2 heterocycles. The summed E-state index contributed by atoms with van der Waals surface area (Å²) in [5.74, 6) is 1.79. The Bertz CT molecular complexity index is 1020. The number of ether oxygens (including phenoxy) is 1. The topological polar surface area (TPSA) is 73.4 Å². The van der Waals surface area contributed by atoms with Crippen molar-refractivity contribution >= 4 is 16.7 Å². The van der Waals surface area contributed by atoms with Gasteiger partial charge in [0, 0.05) is 31.6 Å². The molecule has 0 radical (unpaired) electrons. The van der Waals surface area contributed by atoms with Crippen LogP contribution in [0.2, 0.25) is 0 Å². The molecule has 30 heavy (non-hydrogen) atoms. The second kappa shape index (κ2) is 8.83. The van der Waals surface area contributed by atoms with Crippen LogP contribution in [0, 0.1) is 10.1 Å². The third kappa shape index (κ3) is 4.62. The van der Waals surface area contributed by atoms with Gasteiger partial charge in [-0.15, -0.1) is 0 Å². The van der Waals surface area contributed by atoms with E-state index in [0.29, 0.717) is 11.9 Å². The number of hydrogen-bond donors (Lipinski definition) is 0. The Morgan fingerprint density at radius 2 is 1.83 bits per heavy atom. The summed E-state index contributed by atoms with van der Waals surface area (Å²) >= 11 is 0. The molecule has 0 saturated carbocycles. The van der Waals surface area contributed by atoms with E-state index < -0.39 is 0 Å². The number of rotatable bonds is 8. The zero-order chi connectivity index (χ0) is 21.1. The second-order valence-electron chi connectivity index (χ2n) is 8.15. The number of imidazole rings is 1. The molecule has 4 rings (SSSR count). The van der Waals surface area contributed by atoms with Gasteiger partial charge >= 0.3 is 0 Å². The van der Waals surface area contributed by atoms with Crippen LogP contribution in [0.25, 0.3) is 11.0 Å². The molecule has 1 fully saturated rings. The molecule has 0 unspecified atom stereocenters. The van der Waals surface area contributed by atoms with Crippen molar-refractivity contribution in [2.45, 2.75) is 45.8 Å². The summed E-state index contributed by atoms with van der Waals surface area (Å²) in [4.78, 5) is 18.1. The lowest BCUT2D eigenvalue weighted by molar-refractivity contribution is -0.384. The van der Waals surface area contributed by atoms with Gasteiger partial charge in [-0.1, -0.05) is 12.1 Å². The fraction of sp³-hybridized carbons (Fsp3) is 0.435. The van der Waals surface area contributed by atoms with Crippen molar-refractivity contribution in [1.29, 1.82) is 0 Å². The van der Waals surface area contributed by atoms with Crippen LogP contribution in [0.1, 0.15) is 38.1 Å². The molecule has 1 aromatic heterocycles. The highest BCUT2D eigenvalue weighted by molar-refractivity contribution is 5.78. The lowest BCUT2D eigenvalue weighted by Crippen LogP contribution is -2.24. The van der Waals surface area contributed by atoms with Gasteiger partial charge in [-0.3, -0.25) is 10.1 Å². The molecule has 7 heteroatoms. The molecule has 0 N–H and O–H groups in total. The van der Waals surface area contributed by atoms with Crippen molar-refractivity contribution < 1.29 is 9.66 Å². The third-order valence-corrected chi connectivity index (χ3v) is 5.52. The second-order valence-corrected chi connectivity index (χ2v) is 8.15. The third-order valence-electron chi connectivity index (χ3n) is 5.52. The molecular formula is C23H28N4O3. The normalized spacial score (nSPS) is 14.6. The van der Waals surface area contributed by atoms with Crippen LogP contribution in [-0.4, -0.2) is 45.1 Å². The molecule has 0 bridgehead atoms. The van der Waals surface area contributed by atoms with Crippen molar-refractivity contribution in [3.05, 3.63) is 64.0 Å². The Balaban J connectivity index is 1.62. The Morgan fingerprint density at radius 1 is 1.10 bits per heavy atom. The predicted molar refractivity (Wildman–Crippen MR) is 117 cm³/mol. The molecular weight excluding hydrogens is 380 g/mol. The maximum absolute atomic E-state index is 11.2. The fourth-order valence-corrected chi connectivity index (χ4v) is 4.05. The highest BCUT2D eigenvalue weighted by atomic mass is 16.6. The molecule has 3 aromatic rings. The monoisotopic (exact) mass is 408 g/mol. The average molecular weight is 409 g/mol. The first-order chi connectivity index (χ1) is 14.5. The molecule has 7 nitrogen and oxygen atoms in total. The minimum atomic E-state index is -0.365. The number of nitro benzene ring substituents is 1. The summed E-state index contributed by atoms with van der Waals surface area (Å²) in [6.45, 7) is 8.11. The van der Waals surface area contributed by atoms with E-state index in [1.165, 1.54) is 12.8 Å². The summed E-state index contributed by atoms with van der Waals surface area (Å²) < 4.78 is 7.95. The first-order valence-corrected chi connectivity index (χ1v) is 10.6. The van der Waals surface area contributed by atoms with Gasteiger partial charge in [0.1, 0.15) is 11.6 Å². The van der Waals surface area contributed by atoms with E-state index in [-0.39, 0.29) is 16.7 Å². The first-order valence-electron chi connectivity index (χ1n) is 10.6. The Kier molecular flexibility index (Phi) is 5.99. The molecule has 1 saturated heterocycles. The molecule has 0 amide bonds. The zero-order valence-electron chi connectivity index (χ0n) is 17.6. The lowest BCUT2D eigenvalue weighted by Gasteiger charge is -2.17. The van der Waals surface area contributed by atoms with Crippen LogP contribution < -0.4 is 4.74 Å². The van der Waals surface area contributed by atoms with E-state index in [2.05, 4.69) is 21.6 Å². The standard InChI is InChI=1S/C23H28N4O3/c1-17(2)30-20-8-5-18(6-9-20)15-23-24-21-16-19(27(28)29)7-10-22(21)26(23)14-13-25-11-3-4-12-25/h5-10,16-17H,3-4,11-15H2,1-2H3. The molecule has 1 aliphatic heterocycles. The van der Waals surface area contributed by atoms with E-state index in [1.54, 1.807) is 12.1 Å². The smallest absolute Gasteiger partial charge is 0.271 e. The Hall–Kier alpha value is -2.93. The number of benzene rings is 2. The number of nitrogens with zero attached hydrogens (tertiary/aromatic N) is 4. The number of hydrogen-bond acceptors (Lipinski definition) is 5. The molecule has 1 aliphatic rings. The number of fused-ring (bicyclic) bond motifs is 1. The van der Waals surface area contributed by atoms with Gasteiger partial charge in [-0.2, -0.15) is 0 Å². The minimum Gasteiger partial charge on any atom is -0.491 e. The molecule has 0 spiro atoms. The van der Waals surface area contributed by atoms with Crippen molar-refractivity contribution in [3.8, 4) is 5.75 Å². The van der Waals surface area contributed by atoms with E-state index in [0.717, 1.165) is 48.8 Å². The highest BCUT2D eigenvalue weighted by Crippen LogP contribution is 2.24. The Labute approximate surface area is 176 Å². The van der Waals surface area contributed by atoms with E-state index >= 15 is 0 Å². The van der Waals surface area contributed by atoms with Crippen LogP contribution in [0.5, 0.6) is 5.75 Å². The van der Waals surface area contributed by atoms with Gasteiger partial charge < -0.3 is 14.2 Å². The summed E-state index contributed by atoms with van der Waals surface area (Å²) in [6.07, 6.45) is 3.33. The number of aromatic nitrogens is 2. The highest BCUT2D eigenvalue weighted by Gasteiger charge is 2.17. The van der Waals surface area contributed by atoms with E-state index in [4.69, 9.17) is 9.72 Å². The predicted octanol–water partition coefficient (Wildman–Crippen LogP) is 4.42. The van der Waals surface area contributed by atoms with Crippen LogP contribution in [0.3, 0.4) is 0 Å². The molecule has 0 aliphatic carbocycles. The summed E-state index contributed by atoms with van der Waals surface area (Å²) in [5, 5.41) is 11.2. The maximum Gasteiger partial charge on any atom is 0.271 e. The first kappa shape index (κ1) is 20.3. The average Bonchev–Trinajstić information content (AvgIpc) is 3.34. The van der Waals surface area contributed by atoms with Crippen LogP contribution >= 0.6 is 0 Å². The van der Waals surface area contributed by atoms with Gasteiger partial charge in [0.15, 0.2) is 0 Å². The quantitative estimate of drug-likeness (QED) is 0.407. The minimum absolute atomic E-state index is 0.0773. The van der Waals surface area contributed by atoms with Gasteiger partial charge in [0.05, 0.1) is 22.1 Å². The van der Waals surface area contributed by atoms with Gasteiger partial charge in [-0.25, -0.2) is 4.98 Å². The van der Waals surface area contributed by atoms with E-state index in [1.807, 2.05) is 32.0 Å². The molecule has 0 atom stereocenters. The summed E-state index contributed by atoms with van der Waals surface area (Å²) in [7, 11) is 0. The van der Waals surface area contributed by atoms with Crippen molar-refractivity contribution in [3.63, 3.8) is 0 Å². The van der Waals surface area contributed by atoms with Crippen molar-refractivity contribution in [2.24, 2.45) is 0 Å². The van der Waals surface area contributed by atoms with Gasteiger partial charge in [0.25, 0.3) is 5.69 Å². The lowest BCUT2D eigenvalue weighted by atomic mass is 10.1. The number of non-ortho nitro benzene ring substituents is 1. The zero-order valence-corrected chi connectivity index (χ0v) is 17.6. The van der Waals surface area contributed by atoms with Crippen LogP contribution in [0.4, 0.5) is 5.69 Å².